The molecule has 2 aliphatic rings. The van der Waals surface area contributed by atoms with Crippen molar-refractivity contribution in [1.29, 1.82) is 0 Å². The summed E-state index contributed by atoms with van der Waals surface area (Å²) in [6.07, 6.45) is 2.72. The maximum atomic E-state index is 12.8. The Kier molecular flexibility index (Phi) is 5.27. The first-order chi connectivity index (χ1) is 12.7. The topological polar surface area (TPSA) is 72.9 Å². The molecule has 4 unspecified atom stereocenters. The summed E-state index contributed by atoms with van der Waals surface area (Å²) in [5.41, 5.74) is 1.01. The number of ether oxygens (including phenoxy) is 2. The van der Waals surface area contributed by atoms with Gasteiger partial charge in [0.15, 0.2) is 0 Å². The number of nitrogens with zero attached hydrogens (tertiary/aromatic N) is 1. The molecule has 0 aliphatic carbocycles. The van der Waals surface area contributed by atoms with E-state index < -0.39 is 11.5 Å². The highest BCUT2D eigenvalue weighted by Crippen LogP contribution is 2.47. The van der Waals surface area contributed by atoms with Gasteiger partial charge in [-0.1, -0.05) is 24.3 Å². The Hall–Kier alpha value is -2.37. The summed E-state index contributed by atoms with van der Waals surface area (Å²) in [5.74, 6) is -0.795. The van der Waals surface area contributed by atoms with Gasteiger partial charge >= 0.3 is 12.1 Å². The molecule has 2 heterocycles. The van der Waals surface area contributed by atoms with E-state index in [-0.39, 0.29) is 30.1 Å². The van der Waals surface area contributed by atoms with Crippen LogP contribution in [0.5, 0.6) is 0 Å². The molecule has 0 saturated carbocycles. The van der Waals surface area contributed by atoms with Crippen molar-refractivity contribution >= 4 is 18.3 Å². The summed E-state index contributed by atoms with van der Waals surface area (Å²) in [6.45, 7) is 5.52. The largest absolute Gasteiger partial charge is 0.469 e. The zero-order chi connectivity index (χ0) is 19.8. The van der Waals surface area contributed by atoms with Crippen LogP contribution in [0.15, 0.2) is 24.3 Å². The minimum Gasteiger partial charge on any atom is -0.469 e. The number of amides is 1. The van der Waals surface area contributed by atoms with Gasteiger partial charge in [-0.15, -0.1) is 0 Å². The van der Waals surface area contributed by atoms with E-state index in [0.717, 1.165) is 24.7 Å². The predicted molar refractivity (Wildman–Crippen MR) is 99.6 cm³/mol. The van der Waals surface area contributed by atoms with Gasteiger partial charge in [-0.3, -0.25) is 9.59 Å². The first-order valence-corrected chi connectivity index (χ1v) is 9.39. The Bertz CT molecular complexity index is 721. The molecule has 0 aromatic heterocycles. The van der Waals surface area contributed by atoms with Crippen LogP contribution in [-0.2, 0) is 14.3 Å². The van der Waals surface area contributed by atoms with Crippen LogP contribution in [0, 0.1) is 5.92 Å². The third-order valence-corrected chi connectivity index (χ3v) is 5.50. The number of piperidine rings is 1. The molecule has 2 saturated heterocycles. The summed E-state index contributed by atoms with van der Waals surface area (Å²) >= 11 is 0. The quantitative estimate of drug-likeness (QED) is 0.598. The number of esters is 1. The van der Waals surface area contributed by atoms with E-state index in [2.05, 4.69) is 0 Å². The average Bonchev–Trinajstić information content (AvgIpc) is 2.94. The van der Waals surface area contributed by atoms with Gasteiger partial charge in [-0.2, -0.15) is 0 Å². The number of hydrogen-bond donors (Lipinski definition) is 0. The Labute approximate surface area is 159 Å². The van der Waals surface area contributed by atoms with Crippen molar-refractivity contribution in [2.75, 3.05) is 7.11 Å². The van der Waals surface area contributed by atoms with Crippen LogP contribution >= 0.6 is 0 Å². The molecule has 6 nitrogen and oxygen atoms in total. The molecule has 1 aromatic carbocycles. The van der Waals surface area contributed by atoms with Crippen molar-refractivity contribution < 1.29 is 23.9 Å². The van der Waals surface area contributed by atoms with Crippen molar-refractivity contribution in [2.24, 2.45) is 5.92 Å². The lowest BCUT2D eigenvalue weighted by atomic mass is 9.76. The van der Waals surface area contributed by atoms with Gasteiger partial charge in [0.1, 0.15) is 11.9 Å². The molecule has 2 fully saturated rings. The zero-order valence-electron chi connectivity index (χ0n) is 16.3. The summed E-state index contributed by atoms with van der Waals surface area (Å²) in [4.78, 5) is 38.1. The Morgan fingerprint density at radius 2 is 1.81 bits per heavy atom. The van der Waals surface area contributed by atoms with E-state index in [1.54, 1.807) is 17.0 Å². The molecule has 146 valence electrons. The van der Waals surface area contributed by atoms with Gasteiger partial charge in [-0.25, -0.2) is 4.79 Å². The third kappa shape index (κ3) is 3.84. The first kappa shape index (κ1) is 19.4. The SMILES string of the molecule is COC(=O)C1C(c2ccc(C=O)cc2)CC2CCC1N2C(=O)OC(C)(C)C. The minimum atomic E-state index is -0.585. The lowest BCUT2D eigenvalue weighted by Gasteiger charge is -2.43. The van der Waals surface area contributed by atoms with E-state index in [1.807, 2.05) is 32.9 Å². The van der Waals surface area contributed by atoms with Crippen LogP contribution in [0.3, 0.4) is 0 Å². The number of rotatable bonds is 3. The highest BCUT2D eigenvalue weighted by molar-refractivity contribution is 5.78. The highest BCUT2D eigenvalue weighted by atomic mass is 16.6. The van der Waals surface area contributed by atoms with E-state index in [4.69, 9.17) is 9.47 Å². The monoisotopic (exact) mass is 373 g/mol. The van der Waals surface area contributed by atoms with Gasteiger partial charge in [0.05, 0.1) is 13.0 Å². The summed E-state index contributed by atoms with van der Waals surface area (Å²) in [7, 11) is 1.38. The zero-order valence-corrected chi connectivity index (χ0v) is 16.3. The summed E-state index contributed by atoms with van der Waals surface area (Å²) < 4.78 is 10.7. The lowest BCUT2D eigenvalue weighted by Crippen LogP contribution is -2.54. The average molecular weight is 373 g/mol. The Balaban J connectivity index is 1.91. The number of carbonyl (C=O) groups is 3. The van der Waals surface area contributed by atoms with Crippen LogP contribution in [0.4, 0.5) is 4.79 Å². The second-order valence-electron chi connectivity index (χ2n) is 8.36. The van der Waals surface area contributed by atoms with E-state index >= 15 is 0 Å². The molecule has 2 bridgehead atoms. The molecule has 4 atom stereocenters. The Morgan fingerprint density at radius 3 is 2.37 bits per heavy atom. The van der Waals surface area contributed by atoms with Gasteiger partial charge < -0.3 is 14.4 Å². The molecule has 0 spiro atoms. The molecule has 0 radical (unpaired) electrons. The van der Waals surface area contributed by atoms with Crippen LogP contribution in [-0.4, -0.2) is 48.0 Å². The predicted octanol–water partition coefficient (Wildman–Crippen LogP) is 3.54. The van der Waals surface area contributed by atoms with Crippen molar-refractivity contribution in [3.63, 3.8) is 0 Å². The smallest absolute Gasteiger partial charge is 0.410 e. The molecule has 3 rings (SSSR count). The fraction of sp³-hybridized carbons (Fsp3) is 0.571. The summed E-state index contributed by atoms with van der Waals surface area (Å²) in [5, 5.41) is 0. The number of carbonyl (C=O) groups excluding carboxylic acids is 3. The van der Waals surface area contributed by atoms with E-state index in [0.29, 0.717) is 12.0 Å². The molecular weight excluding hydrogens is 346 g/mol. The van der Waals surface area contributed by atoms with Gasteiger partial charge in [0, 0.05) is 23.6 Å². The van der Waals surface area contributed by atoms with Crippen LogP contribution in [0.25, 0.3) is 0 Å². The van der Waals surface area contributed by atoms with Crippen LogP contribution in [0.1, 0.15) is 61.9 Å². The van der Waals surface area contributed by atoms with Crippen molar-refractivity contribution in [2.45, 2.75) is 63.6 Å². The number of fused-ring (bicyclic) bond motifs is 2. The molecule has 27 heavy (non-hydrogen) atoms. The van der Waals surface area contributed by atoms with Crippen LogP contribution in [0.2, 0.25) is 0 Å². The number of methoxy groups -OCH3 is 1. The van der Waals surface area contributed by atoms with Gasteiger partial charge in [-0.05, 0) is 45.6 Å². The Morgan fingerprint density at radius 1 is 1.15 bits per heavy atom. The third-order valence-electron chi connectivity index (χ3n) is 5.50. The standard InChI is InChI=1S/C21H27NO5/c1-21(2,3)27-20(25)22-15-9-10-17(22)18(19(24)26-4)16(11-15)14-7-5-13(12-23)6-8-14/h5-8,12,15-18H,9-11H2,1-4H3. The normalized spacial score (nSPS) is 27.2. The van der Waals surface area contributed by atoms with E-state index in [1.165, 1.54) is 7.11 Å². The molecule has 0 N–H and O–H groups in total. The fourth-order valence-electron chi connectivity index (χ4n) is 4.43. The number of aldehydes is 1. The minimum absolute atomic E-state index is 0.0431. The molecule has 1 aromatic rings. The highest BCUT2D eigenvalue weighted by Gasteiger charge is 2.53. The first-order valence-electron chi connectivity index (χ1n) is 9.39. The second kappa shape index (κ2) is 7.33. The maximum absolute atomic E-state index is 12.8. The maximum Gasteiger partial charge on any atom is 0.410 e. The molecule has 2 aliphatic heterocycles. The number of benzene rings is 1. The van der Waals surface area contributed by atoms with E-state index in [9.17, 15) is 14.4 Å². The van der Waals surface area contributed by atoms with Gasteiger partial charge in [0.25, 0.3) is 0 Å². The number of hydrogen-bond acceptors (Lipinski definition) is 5. The summed E-state index contributed by atoms with van der Waals surface area (Å²) in [6, 6.07) is 7.13. The molecular formula is C21H27NO5. The van der Waals surface area contributed by atoms with Crippen molar-refractivity contribution in [3.8, 4) is 0 Å². The van der Waals surface area contributed by atoms with Crippen LogP contribution < -0.4 is 0 Å². The fourth-order valence-corrected chi connectivity index (χ4v) is 4.43. The van der Waals surface area contributed by atoms with Crippen molar-refractivity contribution in [1.82, 2.24) is 4.90 Å². The second-order valence-corrected chi connectivity index (χ2v) is 8.36. The lowest BCUT2D eigenvalue weighted by molar-refractivity contribution is -0.150. The molecule has 6 heteroatoms. The van der Waals surface area contributed by atoms with Gasteiger partial charge in [0.2, 0.25) is 0 Å². The van der Waals surface area contributed by atoms with Crippen molar-refractivity contribution in [3.05, 3.63) is 35.4 Å². The molecule has 1 amide bonds.